The van der Waals surface area contributed by atoms with Gasteiger partial charge in [-0.15, -0.1) is 0 Å². The van der Waals surface area contributed by atoms with Gasteiger partial charge in [-0.1, -0.05) is 6.07 Å². The van der Waals surface area contributed by atoms with Gasteiger partial charge in [-0.25, -0.2) is 9.18 Å². The van der Waals surface area contributed by atoms with Crippen molar-refractivity contribution >= 4 is 12.0 Å². The number of amides is 2. The summed E-state index contributed by atoms with van der Waals surface area (Å²) in [4.78, 5) is 25.8. The van der Waals surface area contributed by atoms with Crippen LogP contribution in [0.25, 0.3) is 0 Å². The lowest BCUT2D eigenvalue weighted by atomic mass is 10.1. The van der Waals surface area contributed by atoms with E-state index in [4.69, 9.17) is 9.47 Å². The maximum atomic E-state index is 13.7. The summed E-state index contributed by atoms with van der Waals surface area (Å²) in [6.45, 7) is 0.829. The van der Waals surface area contributed by atoms with Crippen LogP contribution in [0.4, 0.5) is 13.6 Å². The van der Waals surface area contributed by atoms with E-state index in [0.717, 1.165) is 25.0 Å². The standard InChI is InChI=1S/C16H20F2N2O4/c1-23-10-9-20(12-6-2-3-8-19-15(12)21)16(22)24-13-7-4-5-11(17)14(13)18/h4-5,7,12H,2-3,6,8-10H2,1H3,(H,19,21). The van der Waals surface area contributed by atoms with Gasteiger partial charge in [0.15, 0.2) is 11.6 Å². The summed E-state index contributed by atoms with van der Waals surface area (Å²) in [5.74, 6) is -3.17. The number of hydrogen-bond donors (Lipinski definition) is 1. The molecule has 1 N–H and O–H groups in total. The van der Waals surface area contributed by atoms with Crippen LogP contribution in [0.2, 0.25) is 0 Å². The summed E-state index contributed by atoms with van der Waals surface area (Å²) in [6.07, 6.45) is 1.12. The molecule has 0 aromatic heterocycles. The van der Waals surface area contributed by atoms with Gasteiger partial charge in [0, 0.05) is 20.2 Å². The predicted octanol–water partition coefficient (Wildman–Crippen LogP) is 2.08. The maximum absolute atomic E-state index is 13.7. The predicted molar refractivity (Wildman–Crippen MR) is 81.6 cm³/mol. The van der Waals surface area contributed by atoms with Crippen LogP contribution in [0.5, 0.6) is 5.75 Å². The van der Waals surface area contributed by atoms with Gasteiger partial charge in [0.1, 0.15) is 6.04 Å². The van der Waals surface area contributed by atoms with Crippen molar-refractivity contribution in [1.82, 2.24) is 10.2 Å². The van der Waals surface area contributed by atoms with E-state index in [9.17, 15) is 18.4 Å². The number of ether oxygens (including phenoxy) is 2. The Morgan fingerprint density at radius 3 is 2.92 bits per heavy atom. The first-order chi connectivity index (χ1) is 11.5. The topological polar surface area (TPSA) is 67.9 Å². The minimum absolute atomic E-state index is 0.102. The van der Waals surface area contributed by atoms with Gasteiger partial charge < -0.3 is 14.8 Å². The lowest BCUT2D eigenvalue weighted by Gasteiger charge is -2.28. The second-order valence-corrected chi connectivity index (χ2v) is 5.41. The number of hydrogen-bond acceptors (Lipinski definition) is 4. The highest BCUT2D eigenvalue weighted by atomic mass is 19.2. The number of nitrogens with zero attached hydrogens (tertiary/aromatic N) is 1. The Morgan fingerprint density at radius 2 is 2.17 bits per heavy atom. The molecule has 0 bridgehead atoms. The fourth-order valence-electron chi connectivity index (χ4n) is 2.50. The minimum atomic E-state index is -1.25. The van der Waals surface area contributed by atoms with Crippen LogP contribution < -0.4 is 10.1 Å². The zero-order chi connectivity index (χ0) is 17.5. The fraction of sp³-hybridized carbons (Fsp3) is 0.500. The second-order valence-electron chi connectivity index (χ2n) is 5.41. The quantitative estimate of drug-likeness (QED) is 0.890. The second kappa shape index (κ2) is 8.58. The molecule has 6 nitrogen and oxygen atoms in total. The summed E-state index contributed by atoms with van der Waals surface area (Å²) in [7, 11) is 1.46. The van der Waals surface area contributed by atoms with E-state index in [1.165, 1.54) is 18.1 Å². The molecule has 1 fully saturated rings. The first-order valence-electron chi connectivity index (χ1n) is 7.73. The molecule has 2 amide bonds. The summed E-state index contributed by atoms with van der Waals surface area (Å²) in [6, 6.07) is 2.58. The monoisotopic (exact) mass is 342 g/mol. The largest absolute Gasteiger partial charge is 0.416 e. The third kappa shape index (κ3) is 4.41. The van der Waals surface area contributed by atoms with Crippen molar-refractivity contribution in [3.05, 3.63) is 29.8 Å². The Bertz CT molecular complexity index is 597. The van der Waals surface area contributed by atoms with Gasteiger partial charge in [0.05, 0.1) is 6.61 Å². The van der Waals surface area contributed by atoms with Gasteiger partial charge in [0.25, 0.3) is 0 Å². The van der Waals surface area contributed by atoms with E-state index in [1.54, 1.807) is 0 Å². The third-order valence-electron chi connectivity index (χ3n) is 3.77. The summed E-state index contributed by atoms with van der Waals surface area (Å²) >= 11 is 0. The van der Waals surface area contributed by atoms with Gasteiger partial charge >= 0.3 is 6.09 Å². The number of halogens is 2. The van der Waals surface area contributed by atoms with Crippen molar-refractivity contribution in [3.63, 3.8) is 0 Å². The SMILES string of the molecule is COCCN(C(=O)Oc1cccc(F)c1F)C1CCCCNC1=O. The molecule has 0 aliphatic carbocycles. The number of rotatable bonds is 5. The number of methoxy groups -OCH3 is 1. The average Bonchev–Trinajstić information content (AvgIpc) is 2.77. The molecule has 1 unspecified atom stereocenters. The molecule has 1 aromatic rings. The van der Waals surface area contributed by atoms with Crippen LogP contribution in [-0.4, -0.2) is 49.7 Å². The highest BCUT2D eigenvalue weighted by molar-refractivity contribution is 5.86. The number of carbonyl (C=O) groups excluding carboxylic acids is 2. The van der Waals surface area contributed by atoms with E-state index in [-0.39, 0.29) is 19.1 Å². The molecule has 0 saturated carbocycles. The molecule has 2 rings (SSSR count). The van der Waals surface area contributed by atoms with E-state index >= 15 is 0 Å². The van der Waals surface area contributed by atoms with Crippen molar-refractivity contribution in [1.29, 1.82) is 0 Å². The van der Waals surface area contributed by atoms with E-state index in [0.29, 0.717) is 13.0 Å². The van der Waals surface area contributed by atoms with E-state index < -0.39 is 29.5 Å². The lowest BCUT2D eigenvalue weighted by Crippen LogP contribution is -2.50. The van der Waals surface area contributed by atoms with Crippen molar-refractivity contribution in [2.24, 2.45) is 0 Å². The first kappa shape index (κ1) is 18.1. The van der Waals surface area contributed by atoms with Crippen LogP contribution in [0, 0.1) is 11.6 Å². The van der Waals surface area contributed by atoms with Crippen molar-refractivity contribution in [3.8, 4) is 5.75 Å². The molecule has 1 saturated heterocycles. The molecule has 8 heteroatoms. The van der Waals surface area contributed by atoms with Crippen molar-refractivity contribution < 1.29 is 27.8 Å². The zero-order valence-corrected chi connectivity index (χ0v) is 13.4. The van der Waals surface area contributed by atoms with Crippen LogP contribution in [0.15, 0.2) is 18.2 Å². The Morgan fingerprint density at radius 1 is 1.38 bits per heavy atom. The molecule has 0 spiro atoms. The first-order valence-corrected chi connectivity index (χ1v) is 7.73. The Hall–Kier alpha value is -2.22. The van der Waals surface area contributed by atoms with Gasteiger partial charge in [-0.2, -0.15) is 4.39 Å². The maximum Gasteiger partial charge on any atom is 0.416 e. The van der Waals surface area contributed by atoms with E-state index in [2.05, 4.69) is 5.32 Å². The van der Waals surface area contributed by atoms with Gasteiger partial charge in [0.2, 0.25) is 11.7 Å². The van der Waals surface area contributed by atoms with Crippen LogP contribution in [-0.2, 0) is 9.53 Å². The van der Waals surface area contributed by atoms with Gasteiger partial charge in [-0.3, -0.25) is 9.69 Å². The summed E-state index contributed by atoms with van der Waals surface area (Å²) in [5.41, 5.74) is 0. The molecule has 1 aromatic carbocycles. The fourth-order valence-corrected chi connectivity index (χ4v) is 2.50. The number of carbonyl (C=O) groups is 2. The molecule has 1 aliphatic heterocycles. The Labute approximate surface area is 138 Å². The van der Waals surface area contributed by atoms with Crippen molar-refractivity contribution in [2.75, 3.05) is 26.8 Å². The zero-order valence-electron chi connectivity index (χ0n) is 13.4. The Balaban J connectivity index is 2.17. The van der Waals surface area contributed by atoms with E-state index in [1.807, 2.05) is 0 Å². The van der Waals surface area contributed by atoms with Crippen LogP contribution >= 0.6 is 0 Å². The lowest BCUT2D eigenvalue weighted by molar-refractivity contribution is -0.125. The smallest absolute Gasteiger partial charge is 0.407 e. The normalized spacial score (nSPS) is 17.8. The minimum Gasteiger partial charge on any atom is -0.407 e. The Kier molecular flexibility index (Phi) is 6.48. The van der Waals surface area contributed by atoms with Crippen LogP contribution in [0.1, 0.15) is 19.3 Å². The third-order valence-corrected chi connectivity index (χ3v) is 3.77. The summed E-state index contributed by atoms with van der Waals surface area (Å²) in [5, 5.41) is 2.73. The molecule has 1 atom stereocenters. The average molecular weight is 342 g/mol. The number of benzene rings is 1. The highest BCUT2D eigenvalue weighted by Gasteiger charge is 2.32. The molecule has 1 aliphatic rings. The van der Waals surface area contributed by atoms with Gasteiger partial charge in [-0.05, 0) is 31.4 Å². The molecule has 1 heterocycles. The van der Waals surface area contributed by atoms with Crippen LogP contribution in [0.3, 0.4) is 0 Å². The van der Waals surface area contributed by atoms with Crippen molar-refractivity contribution in [2.45, 2.75) is 25.3 Å². The molecule has 132 valence electrons. The molecule has 0 radical (unpaired) electrons. The molecular formula is C16H20F2N2O4. The molecule has 24 heavy (non-hydrogen) atoms. The highest BCUT2D eigenvalue weighted by Crippen LogP contribution is 2.21. The number of nitrogens with one attached hydrogen (secondary N) is 1. The molecular weight excluding hydrogens is 322 g/mol. The summed E-state index contributed by atoms with van der Waals surface area (Å²) < 4.78 is 36.8.